The van der Waals surface area contributed by atoms with Crippen LogP contribution in [0.3, 0.4) is 0 Å². The third-order valence-corrected chi connectivity index (χ3v) is 7.53. The number of hydrogen-bond donors (Lipinski definition) is 4. The maximum absolute atomic E-state index is 9.23. The van der Waals surface area contributed by atoms with Gasteiger partial charge in [-0.3, -0.25) is 0 Å². The lowest BCUT2D eigenvalue weighted by atomic mass is 9.76. The Morgan fingerprint density at radius 1 is 0.690 bits per heavy atom. The molecule has 0 aromatic carbocycles. The van der Waals surface area contributed by atoms with Gasteiger partial charge >= 0.3 is 0 Å². The molecule has 0 aromatic rings. The van der Waals surface area contributed by atoms with Crippen LogP contribution in [0.15, 0.2) is 0 Å². The molecular formula is C24H47ClN2O2. The fraction of sp³-hybridized carbons (Fsp3) is 1.00. The zero-order chi connectivity index (χ0) is 20.4. The summed E-state index contributed by atoms with van der Waals surface area (Å²) in [5, 5.41) is 25.6. The van der Waals surface area contributed by atoms with Gasteiger partial charge in [0, 0.05) is 24.2 Å². The molecule has 0 heterocycles. The second-order valence-corrected chi connectivity index (χ2v) is 11.6. The number of rotatable bonds is 10. The zero-order valence-electron chi connectivity index (χ0n) is 19.3. The van der Waals surface area contributed by atoms with Gasteiger partial charge in [0.25, 0.3) is 0 Å². The van der Waals surface area contributed by atoms with Gasteiger partial charge in [0.15, 0.2) is 0 Å². The van der Waals surface area contributed by atoms with Gasteiger partial charge in [-0.15, -0.1) is 12.4 Å². The average Bonchev–Trinajstić information content (AvgIpc) is 3.45. The topological polar surface area (TPSA) is 64.5 Å². The molecule has 172 valence electrons. The first-order chi connectivity index (χ1) is 13.3. The van der Waals surface area contributed by atoms with E-state index in [1.807, 2.05) is 0 Å². The summed E-state index contributed by atoms with van der Waals surface area (Å²) in [6.45, 7) is 9.45. The van der Waals surface area contributed by atoms with Gasteiger partial charge in [-0.25, -0.2) is 0 Å². The van der Waals surface area contributed by atoms with Crippen LogP contribution < -0.4 is 10.6 Å². The zero-order valence-corrected chi connectivity index (χ0v) is 20.1. The van der Waals surface area contributed by atoms with Crippen LogP contribution in [-0.2, 0) is 0 Å². The Morgan fingerprint density at radius 3 is 1.21 bits per heavy atom. The molecule has 0 radical (unpaired) electrons. The van der Waals surface area contributed by atoms with E-state index in [1.54, 1.807) is 0 Å². The van der Waals surface area contributed by atoms with Crippen molar-refractivity contribution in [3.8, 4) is 0 Å². The van der Waals surface area contributed by atoms with Crippen LogP contribution in [0.2, 0.25) is 0 Å². The summed E-state index contributed by atoms with van der Waals surface area (Å²) in [6.07, 6.45) is 13.5. The Morgan fingerprint density at radius 2 is 1.00 bits per heavy atom. The van der Waals surface area contributed by atoms with Crippen LogP contribution in [-0.4, -0.2) is 47.6 Å². The van der Waals surface area contributed by atoms with Crippen LogP contribution in [0.5, 0.6) is 0 Å². The maximum Gasteiger partial charge on any atom is 0.0584 e. The van der Waals surface area contributed by atoms with E-state index in [-0.39, 0.29) is 12.4 Å². The summed E-state index contributed by atoms with van der Waals surface area (Å²) in [4.78, 5) is 0. The third kappa shape index (κ3) is 7.64. The third-order valence-electron chi connectivity index (χ3n) is 7.53. The minimum Gasteiger partial charge on any atom is -0.395 e. The molecule has 4 fully saturated rings. The lowest BCUT2D eigenvalue weighted by Gasteiger charge is -2.39. The summed E-state index contributed by atoms with van der Waals surface area (Å²) in [7, 11) is 0. The van der Waals surface area contributed by atoms with Crippen LogP contribution in [0.4, 0.5) is 0 Å². The van der Waals surface area contributed by atoms with E-state index in [9.17, 15) is 10.2 Å². The van der Waals surface area contributed by atoms with Crippen molar-refractivity contribution in [2.75, 3.05) is 13.2 Å². The van der Waals surface area contributed by atoms with Crippen molar-refractivity contribution in [1.29, 1.82) is 0 Å². The van der Waals surface area contributed by atoms with E-state index in [4.69, 9.17) is 0 Å². The van der Waals surface area contributed by atoms with Gasteiger partial charge in [-0.05, 0) is 86.9 Å². The largest absolute Gasteiger partial charge is 0.395 e. The predicted octanol–water partition coefficient (Wildman–Crippen LogP) is 4.27. The molecule has 4 saturated carbocycles. The molecule has 29 heavy (non-hydrogen) atoms. The standard InChI is InChI=1S/2C12H23NO.ClH/c2*1-9(2)5-10(8-14)13-11-6-12(7-11)3-4-12;/h2*9-11,13-14H,3-8H2,1-2H3;1H/t2*10-;/m11./s1. The molecule has 0 aliphatic heterocycles. The second kappa shape index (κ2) is 10.6. The summed E-state index contributed by atoms with van der Waals surface area (Å²) in [6, 6.07) is 2.06. The lowest BCUT2D eigenvalue weighted by molar-refractivity contribution is 0.145. The molecule has 5 heteroatoms. The second-order valence-electron chi connectivity index (χ2n) is 11.6. The van der Waals surface area contributed by atoms with Crippen LogP contribution in [0, 0.1) is 22.7 Å². The van der Waals surface area contributed by atoms with Crippen molar-refractivity contribution < 1.29 is 10.2 Å². The summed E-state index contributed by atoms with van der Waals surface area (Å²) in [5.41, 5.74) is 1.55. The van der Waals surface area contributed by atoms with Crippen molar-refractivity contribution >= 4 is 12.4 Å². The number of aliphatic hydroxyl groups excluding tert-OH is 2. The minimum atomic E-state index is 0. The molecule has 2 atom stereocenters. The normalized spacial score (nSPS) is 27.5. The first-order valence-electron chi connectivity index (χ1n) is 12.0. The molecule has 4 N–H and O–H groups in total. The van der Waals surface area contributed by atoms with Crippen LogP contribution in [0.1, 0.15) is 91.9 Å². The molecule has 0 amide bonds. The van der Waals surface area contributed by atoms with E-state index in [1.165, 1.54) is 51.4 Å². The van der Waals surface area contributed by atoms with Crippen molar-refractivity contribution in [2.24, 2.45) is 22.7 Å². The van der Waals surface area contributed by atoms with E-state index in [2.05, 4.69) is 38.3 Å². The number of aliphatic hydroxyl groups is 2. The first-order valence-corrected chi connectivity index (χ1v) is 12.0. The molecule has 4 rings (SSSR count). The Balaban J connectivity index is 0.000000200. The highest BCUT2D eigenvalue weighted by Gasteiger charge is 2.53. The van der Waals surface area contributed by atoms with Gasteiger partial charge in [-0.1, -0.05) is 27.7 Å². The highest BCUT2D eigenvalue weighted by molar-refractivity contribution is 5.85. The molecule has 0 unspecified atom stereocenters. The van der Waals surface area contributed by atoms with Crippen LogP contribution >= 0.6 is 12.4 Å². The fourth-order valence-corrected chi connectivity index (χ4v) is 5.57. The molecule has 4 aliphatic carbocycles. The summed E-state index contributed by atoms with van der Waals surface area (Å²) >= 11 is 0. The highest BCUT2D eigenvalue weighted by atomic mass is 35.5. The molecule has 0 saturated heterocycles. The smallest absolute Gasteiger partial charge is 0.0584 e. The van der Waals surface area contributed by atoms with Crippen molar-refractivity contribution in [3.05, 3.63) is 0 Å². The minimum absolute atomic E-state index is 0. The monoisotopic (exact) mass is 430 g/mol. The van der Waals surface area contributed by atoms with Crippen molar-refractivity contribution in [3.63, 3.8) is 0 Å². The van der Waals surface area contributed by atoms with Gasteiger partial charge < -0.3 is 20.8 Å². The van der Waals surface area contributed by atoms with E-state index in [0.29, 0.717) is 49.2 Å². The molecule has 0 bridgehead atoms. The fourth-order valence-electron chi connectivity index (χ4n) is 5.57. The molecule has 4 aliphatic rings. The van der Waals surface area contributed by atoms with Gasteiger partial charge in [0.1, 0.15) is 0 Å². The van der Waals surface area contributed by atoms with Crippen molar-refractivity contribution in [2.45, 2.75) is 116 Å². The summed E-state index contributed by atoms with van der Waals surface area (Å²) < 4.78 is 0. The van der Waals surface area contributed by atoms with Gasteiger partial charge in [-0.2, -0.15) is 0 Å². The average molecular weight is 431 g/mol. The molecule has 2 spiro atoms. The molecule has 0 aromatic heterocycles. The van der Waals surface area contributed by atoms with Crippen LogP contribution in [0.25, 0.3) is 0 Å². The Kier molecular flexibility index (Phi) is 9.31. The van der Waals surface area contributed by atoms with Gasteiger partial charge in [0.2, 0.25) is 0 Å². The highest BCUT2D eigenvalue weighted by Crippen LogP contribution is 2.61. The number of hydrogen-bond acceptors (Lipinski definition) is 4. The van der Waals surface area contributed by atoms with Gasteiger partial charge in [0.05, 0.1) is 13.2 Å². The quantitative estimate of drug-likeness (QED) is 0.417. The van der Waals surface area contributed by atoms with E-state index in [0.717, 1.165) is 23.7 Å². The Labute approximate surface area is 185 Å². The van der Waals surface area contributed by atoms with Crippen molar-refractivity contribution in [1.82, 2.24) is 10.6 Å². The molecule has 4 nitrogen and oxygen atoms in total. The predicted molar refractivity (Wildman–Crippen MR) is 124 cm³/mol. The summed E-state index contributed by atoms with van der Waals surface area (Å²) in [5.74, 6) is 1.35. The lowest BCUT2D eigenvalue weighted by Crippen LogP contribution is -2.48. The molecular weight excluding hydrogens is 384 g/mol. The SMILES string of the molecule is CC(C)C[C@H](CO)NC1CC2(CC2)C1.CC(C)C[C@H](CO)NC1CC2(CC2)C1.Cl. The number of halogens is 1. The van der Waals surface area contributed by atoms with E-state index >= 15 is 0 Å². The van der Waals surface area contributed by atoms with E-state index < -0.39 is 0 Å². The Bertz CT molecular complexity index is 431. The first kappa shape index (κ1) is 25.4. The maximum atomic E-state index is 9.23. The Hall–Kier alpha value is 0.130. The number of nitrogens with one attached hydrogen (secondary N) is 2.